The van der Waals surface area contributed by atoms with E-state index in [1.165, 1.54) is 12.1 Å². The zero-order valence-electron chi connectivity index (χ0n) is 10.5. The minimum atomic E-state index is -0.256. The molecule has 0 aromatic heterocycles. The summed E-state index contributed by atoms with van der Waals surface area (Å²) in [7, 11) is 1.58. The van der Waals surface area contributed by atoms with Crippen molar-refractivity contribution >= 4 is 0 Å². The van der Waals surface area contributed by atoms with Crippen LogP contribution in [0.3, 0.4) is 0 Å². The number of nitrogens with two attached hydrogens (primary N) is 1. The third-order valence-corrected chi connectivity index (χ3v) is 3.31. The molecule has 0 radical (unpaired) electrons. The number of halogens is 1. The van der Waals surface area contributed by atoms with Crippen LogP contribution in [0.4, 0.5) is 4.39 Å². The summed E-state index contributed by atoms with van der Waals surface area (Å²) in [6.45, 7) is 3.31. The predicted octanol–water partition coefficient (Wildman–Crippen LogP) is 0.899. The summed E-state index contributed by atoms with van der Waals surface area (Å²) in [5.74, 6) is 0.434. The van der Waals surface area contributed by atoms with Crippen LogP contribution in [0.25, 0.3) is 0 Å². The van der Waals surface area contributed by atoms with Crippen LogP contribution in [0, 0.1) is 11.2 Å². The van der Waals surface area contributed by atoms with Crippen molar-refractivity contribution in [3.05, 3.63) is 29.6 Å². The van der Waals surface area contributed by atoms with Gasteiger partial charge in [0.25, 0.3) is 0 Å². The molecule has 0 bridgehead atoms. The molecular weight excluding hydrogens is 235 g/mol. The second-order valence-corrected chi connectivity index (χ2v) is 4.76. The molecule has 18 heavy (non-hydrogen) atoms. The van der Waals surface area contributed by atoms with Crippen LogP contribution in [-0.2, 0) is 11.3 Å². The van der Waals surface area contributed by atoms with Crippen molar-refractivity contribution in [3.8, 4) is 5.75 Å². The molecule has 1 fully saturated rings. The molecule has 0 saturated carbocycles. The molecule has 1 aliphatic heterocycles. The fourth-order valence-electron chi connectivity index (χ4n) is 2.03. The SMILES string of the molecule is COc1ccc(F)cc1CNCC1(CN)COC1. The molecule has 5 heteroatoms. The van der Waals surface area contributed by atoms with E-state index in [1.54, 1.807) is 13.2 Å². The Labute approximate surface area is 106 Å². The van der Waals surface area contributed by atoms with E-state index in [1.807, 2.05) is 0 Å². The molecule has 1 saturated heterocycles. The number of benzene rings is 1. The summed E-state index contributed by atoms with van der Waals surface area (Å²) < 4.78 is 23.5. The molecule has 0 unspecified atom stereocenters. The number of methoxy groups -OCH3 is 1. The van der Waals surface area contributed by atoms with Gasteiger partial charge in [0.15, 0.2) is 0 Å². The number of hydrogen-bond donors (Lipinski definition) is 2. The van der Waals surface area contributed by atoms with Crippen molar-refractivity contribution in [1.29, 1.82) is 0 Å². The van der Waals surface area contributed by atoms with Gasteiger partial charge in [0.2, 0.25) is 0 Å². The van der Waals surface area contributed by atoms with E-state index in [2.05, 4.69) is 5.32 Å². The molecule has 1 aliphatic rings. The molecule has 100 valence electrons. The van der Waals surface area contributed by atoms with Gasteiger partial charge in [-0.3, -0.25) is 0 Å². The highest BCUT2D eigenvalue weighted by Gasteiger charge is 2.36. The third kappa shape index (κ3) is 2.80. The van der Waals surface area contributed by atoms with Gasteiger partial charge in [-0.25, -0.2) is 4.39 Å². The van der Waals surface area contributed by atoms with Crippen LogP contribution >= 0.6 is 0 Å². The Balaban J connectivity index is 1.91. The van der Waals surface area contributed by atoms with E-state index >= 15 is 0 Å². The maximum atomic E-state index is 13.2. The maximum absolute atomic E-state index is 13.2. The smallest absolute Gasteiger partial charge is 0.123 e. The van der Waals surface area contributed by atoms with Gasteiger partial charge in [0.05, 0.1) is 20.3 Å². The van der Waals surface area contributed by atoms with Gasteiger partial charge in [0, 0.05) is 30.6 Å². The van der Waals surface area contributed by atoms with Crippen molar-refractivity contribution in [1.82, 2.24) is 5.32 Å². The zero-order chi connectivity index (χ0) is 13.0. The first-order valence-electron chi connectivity index (χ1n) is 6.00. The molecule has 1 heterocycles. The highest BCUT2D eigenvalue weighted by molar-refractivity contribution is 5.33. The number of nitrogens with one attached hydrogen (secondary N) is 1. The minimum absolute atomic E-state index is 0.0422. The average molecular weight is 254 g/mol. The van der Waals surface area contributed by atoms with Crippen molar-refractivity contribution in [2.24, 2.45) is 11.1 Å². The van der Waals surface area contributed by atoms with Crippen LogP contribution in [0.15, 0.2) is 18.2 Å². The monoisotopic (exact) mass is 254 g/mol. The van der Waals surface area contributed by atoms with Crippen LogP contribution in [0.1, 0.15) is 5.56 Å². The van der Waals surface area contributed by atoms with E-state index < -0.39 is 0 Å². The van der Waals surface area contributed by atoms with E-state index in [9.17, 15) is 4.39 Å². The fourth-order valence-corrected chi connectivity index (χ4v) is 2.03. The van der Waals surface area contributed by atoms with Crippen molar-refractivity contribution in [3.63, 3.8) is 0 Å². The lowest BCUT2D eigenvalue weighted by atomic mass is 9.86. The van der Waals surface area contributed by atoms with Gasteiger partial charge in [0.1, 0.15) is 11.6 Å². The largest absolute Gasteiger partial charge is 0.496 e. The number of rotatable bonds is 6. The van der Waals surface area contributed by atoms with Crippen LogP contribution in [0.2, 0.25) is 0 Å². The van der Waals surface area contributed by atoms with E-state index in [0.717, 1.165) is 12.1 Å². The minimum Gasteiger partial charge on any atom is -0.496 e. The van der Waals surface area contributed by atoms with E-state index in [0.29, 0.717) is 32.1 Å². The van der Waals surface area contributed by atoms with Gasteiger partial charge in [-0.15, -0.1) is 0 Å². The van der Waals surface area contributed by atoms with Crippen molar-refractivity contribution < 1.29 is 13.9 Å². The molecule has 3 N–H and O–H groups in total. The Hall–Kier alpha value is -1.17. The van der Waals surface area contributed by atoms with E-state index in [-0.39, 0.29) is 11.2 Å². The van der Waals surface area contributed by atoms with Gasteiger partial charge >= 0.3 is 0 Å². The summed E-state index contributed by atoms with van der Waals surface area (Å²) in [6.07, 6.45) is 0. The standard InChI is InChI=1S/C13H19FN2O2/c1-17-12-3-2-11(14)4-10(12)5-16-7-13(6-15)8-18-9-13/h2-4,16H,5-9,15H2,1H3. The van der Waals surface area contributed by atoms with Gasteiger partial charge in [-0.2, -0.15) is 0 Å². The first-order valence-corrected chi connectivity index (χ1v) is 6.00. The summed E-state index contributed by atoms with van der Waals surface area (Å²) in [4.78, 5) is 0. The van der Waals surface area contributed by atoms with Crippen LogP contribution in [0.5, 0.6) is 5.75 Å². The second kappa shape index (κ2) is 5.65. The molecule has 0 atom stereocenters. The Morgan fingerprint density at radius 3 is 2.83 bits per heavy atom. The quantitative estimate of drug-likeness (QED) is 0.792. The molecule has 0 amide bonds. The maximum Gasteiger partial charge on any atom is 0.123 e. The molecular formula is C13H19FN2O2. The molecule has 2 rings (SSSR count). The Kier molecular flexibility index (Phi) is 4.16. The highest BCUT2D eigenvalue weighted by Crippen LogP contribution is 2.25. The molecule has 0 spiro atoms. The Morgan fingerprint density at radius 2 is 2.28 bits per heavy atom. The Morgan fingerprint density at radius 1 is 1.50 bits per heavy atom. The van der Waals surface area contributed by atoms with Gasteiger partial charge < -0.3 is 20.5 Å². The number of ether oxygens (including phenoxy) is 2. The second-order valence-electron chi connectivity index (χ2n) is 4.76. The summed E-state index contributed by atoms with van der Waals surface area (Å²) >= 11 is 0. The van der Waals surface area contributed by atoms with E-state index in [4.69, 9.17) is 15.2 Å². The van der Waals surface area contributed by atoms with Crippen LogP contribution in [-0.4, -0.2) is 33.4 Å². The molecule has 1 aromatic carbocycles. The van der Waals surface area contributed by atoms with Crippen molar-refractivity contribution in [2.75, 3.05) is 33.4 Å². The first kappa shape index (κ1) is 13.3. The third-order valence-electron chi connectivity index (χ3n) is 3.31. The summed E-state index contributed by atoms with van der Waals surface area (Å²) in [5, 5.41) is 3.29. The lowest BCUT2D eigenvalue weighted by molar-refractivity contribution is -0.105. The predicted molar refractivity (Wildman–Crippen MR) is 67.0 cm³/mol. The topological polar surface area (TPSA) is 56.5 Å². The van der Waals surface area contributed by atoms with Crippen LogP contribution < -0.4 is 15.8 Å². The lowest BCUT2D eigenvalue weighted by Crippen LogP contribution is -2.54. The average Bonchev–Trinajstić information content (AvgIpc) is 2.33. The molecule has 4 nitrogen and oxygen atoms in total. The zero-order valence-corrected chi connectivity index (χ0v) is 10.5. The normalized spacial score (nSPS) is 17.3. The lowest BCUT2D eigenvalue weighted by Gasteiger charge is -2.40. The fraction of sp³-hybridized carbons (Fsp3) is 0.538. The first-order chi connectivity index (χ1) is 8.69. The van der Waals surface area contributed by atoms with Gasteiger partial charge in [-0.1, -0.05) is 0 Å². The summed E-state index contributed by atoms with van der Waals surface area (Å²) in [6, 6.07) is 4.51. The summed E-state index contributed by atoms with van der Waals surface area (Å²) in [5.41, 5.74) is 6.58. The molecule has 0 aliphatic carbocycles. The molecule has 1 aromatic rings. The highest BCUT2D eigenvalue weighted by atomic mass is 19.1. The van der Waals surface area contributed by atoms with Crippen molar-refractivity contribution in [2.45, 2.75) is 6.54 Å². The number of hydrogen-bond acceptors (Lipinski definition) is 4. The Bertz CT molecular complexity index is 402. The van der Waals surface area contributed by atoms with Gasteiger partial charge in [-0.05, 0) is 18.2 Å².